The van der Waals surface area contributed by atoms with E-state index in [9.17, 15) is 0 Å². The van der Waals surface area contributed by atoms with Crippen LogP contribution in [0.5, 0.6) is 0 Å². The predicted octanol–water partition coefficient (Wildman–Crippen LogP) is 3.38. The highest BCUT2D eigenvalue weighted by molar-refractivity contribution is 7.81. The minimum Gasteiger partial charge on any atom is -0.176 e. The minimum absolute atomic E-state index is 0.364. The van der Waals surface area contributed by atoms with E-state index in [1.807, 2.05) is 13.8 Å². The Morgan fingerprint density at radius 3 is 1.22 bits per heavy atom. The summed E-state index contributed by atoms with van der Waals surface area (Å²) in [6.07, 6.45) is 0. The maximum Gasteiger partial charge on any atom is 0.00370 e. The lowest BCUT2D eigenvalue weighted by Crippen LogP contribution is -2.16. The van der Waals surface area contributed by atoms with Crippen LogP contribution in [-0.2, 0) is 0 Å². The summed E-state index contributed by atoms with van der Waals surface area (Å²) in [6, 6.07) is 0. The van der Waals surface area contributed by atoms with Gasteiger partial charge in [-0.05, 0) is 5.41 Å². The molecule has 0 saturated heterocycles. The molecule has 0 radical (unpaired) electrons. The van der Waals surface area contributed by atoms with Gasteiger partial charge in [0.25, 0.3) is 0 Å². The topological polar surface area (TPSA) is 0 Å². The fourth-order valence-corrected chi connectivity index (χ4v) is 0. The molecule has 0 aliphatic carbocycles. The van der Waals surface area contributed by atoms with Gasteiger partial charge in [0.05, 0.1) is 0 Å². The summed E-state index contributed by atoms with van der Waals surface area (Å²) in [7, 11) is 0. The minimum atomic E-state index is 0.364. The fourth-order valence-electron chi connectivity index (χ4n) is 0. The summed E-state index contributed by atoms with van der Waals surface area (Å²) in [4.78, 5) is 0. The number of hydrogen-bond donors (Lipinski definition) is 1. The Balaban J connectivity index is 0. The van der Waals surface area contributed by atoms with Crippen molar-refractivity contribution >= 4 is 12.6 Å². The molecule has 0 heterocycles. The Kier molecular flexibility index (Phi) is 6.92. The molecule has 0 aliphatic heterocycles. The van der Waals surface area contributed by atoms with Gasteiger partial charge in [-0.1, -0.05) is 41.5 Å². The highest BCUT2D eigenvalue weighted by Gasteiger charge is 2.14. The van der Waals surface area contributed by atoms with Crippen molar-refractivity contribution in [3.05, 3.63) is 0 Å². The summed E-state index contributed by atoms with van der Waals surface area (Å²) in [5.74, 6) is 0. The van der Waals surface area contributed by atoms with Crippen LogP contribution < -0.4 is 0 Å². The van der Waals surface area contributed by atoms with Crippen molar-refractivity contribution in [2.24, 2.45) is 5.41 Å². The van der Waals surface area contributed by atoms with Crippen molar-refractivity contribution in [3.8, 4) is 0 Å². The van der Waals surface area contributed by atoms with Crippen LogP contribution in [-0.4, -0.2) is 5.25 Å². The second-order valence-corrected chi connectivity index (χ2v) is 3.82. The van der Waals surface area contributed by atoms with Crippen LogP contribution in [0.15, 0.2) is 0 Å². The lowest BCUT2D eigenvalue weighted by molar-refractivity contribution is 0.413. The molecule has 0 amide bonds. The maximum atomic E-state index is 4.28. The van der Waals surface area contributed by atoms with E-state index < -0.39 is 0 Å². The highest BCUT2D eigenvalue weighted by Crippen LogP contribution is 2.22. The SMILES string of the molecule is CC.CC(S)C(C)(C)C. The first-order valence-corrected chi connectivity index (χ1v) is 4.14. The quantitative estimate of drug-likeness (QED) is 0.500. The molecule has 0 N–H and O–H groups in total. The normalized spacial score (nSPS) is 13.7. The molecule has 58 valence electrons. The Morgan fingerprint density at radius 2 is 1.22 bits per heavy atom. The maximum absolute atomic E-state index is 4.28. The van der Waals surface area contributed by atoms with E-state index in [0.29, 0.717) is 10.7 Å². The first kappa shape index (κ1) is 12.1. The van der Waals surface area contributed by atoms with E-state index in [2.05, 4.69) is 40.3 Å². The van der Waals surface area contributed by atoms with E-state index in [1.165, 1.54) is 0 Å². The van der Waals surface area contributed by atoms with Crippen LogP contribution in [0.25, 0.3) is 0 Å². The molecule has 9 heavy (non-hydrogen) atoms. The number of thiol groups is 1. The third kappa shape index (κ3) is 8.35. The largest absolute Gasteiger partial charge is 0.176 e. The fraction of sp³-hybridized carbons (Fsp3) is 1.00. The number of rotatable bonds is 0. The zero-order valence-electron chi connectivity index (χ0n) is 7.52. The molecule has 0 aromatic rings. The van der Waals surface area contributed by atoms with E-state index in [4.69, 9.17) is 0 Å². The summed E-state index contributed by atoms with van der Waals surface area (Å²) in [5.41, 5.74) is 0.364. The molecular formula is C8H20S. The predicted molar refractivity (Wildman–Crippen MR) is 49.3 cm³/mol. The van der Waals surface area contributed by atoms with Crippen LogP contribution in [0, 0.1) is 5.41 Å². The first-order valence-electron chi connectivity index (χ1n) is 3.62. The van der Waals surface area contributed by atoms with Crippen LogP contribution in [0.2, 0.25) is 0 Å². The van der Waals surface area contributed by atoms with Gasteiger partial charge in [0.1, 0.15) is 0 Å². The van der Waals surface area contributed by atoms with E-state index in [1.54, 1.807) is 0 Å². The van der Waals surface area contributed by atoms with Gasteiger partial charge in [-0.15, -0.1) is 0 Å². The van der Waals surface area contributed by atoms with E-state index >= 15 is 0 Å². The van der Waals surface area contributed by atoms with Gasteiger partial charge in [-0.2, -0.15) is 12.6 Å². The highest BCUT2D eigenvalue weighted by atomic mass is 32.1. The van der Waals surface area contributed by atoms with Gasteiger partial charge in [0, 0.05) is 5.25 Å². The molecule has 1 heteroatoms. The molecule has 0 nitrogen and oxygen atoms in total. The summed E-state index contributed by atoms with van der Waals surface area (Å²) in [6.45, 7) is 12.7. The molecule has 0 saturated carbocycles. The van der Waals surface area contributed by atoms with Gasteiger partial charge in [0.15, 0.2) is 0 Å². The molecule has 0 aromatic carbocycles. The van der Waals surface area contributed by atoms with E-state index in [0.717, 1.165) is 0 Å². The van der Waals surface area contributed by atoms with Crippen molar-refractivity contribution in [3.63, 3.8) is 0 Å². The summed E-state index contributed by atoms with van der Waals surface area (Å²) < 4.78 is 0. The van der Waals surface area contributed by atoms with Crippen LogP contribution in [0.4, 0.5) is 0 Å². The average Bonchev–Trinajstić information content (AvgIpc) is 1.69. The lowest BCUT2D eigenvalue weighted by atomic mass is 9.93. The van der Waals surface area contributed by atoms with Crippen molar-refractivity contribution in [2.45, 2.75) is 46.8 Å². The smallest absolute Gasteiger partial charge is 0.00370 e. The average molecular weight is 148 g/mol. The van der Waals surface area contributed by atoms with E-state index in [-0.39, 0.29) is 0 Å². The first-order chi connectivity index (χ1) is 3.94. The Hall–Kier alpha value is 0.350. The molecule has 1 atom stereocenters. The Bertz CT molecular complexity index is 50.1. The molecule has 0 aromatic heterocycles. The van der Waals surface area contributed by atoms with Gasteiger partial charge in [-0.3, -0.25) is 0 Å². The summed E-state index contributed by atoms with van der Waals surface area (Å²) >= 11 is 4.28. The third-order valence-electron chi connectivity index (χ3n) is 1.25. The molecule has 0 bridgehead atoms. The molecule has 0 aliphatic rings. The molecule has 0 spiro atoms. The van der Waals surface area contributed by atoms with Gasteiger partial charge in [-0.25, -0.2) is 0 Å². The Morgan fingerprint density at radius 1 is 1.11 bits per heavy atom. The van der Waals surface area contributed by atoms with Gasteiger partial charge < -0.3 is 0 Å². The van der Waals surface area contributed by atoms with Crippen molar-refractivity contribution in [1.82, 2.24) is 0 Å². The molecule has 0 rings (SSSR count). The monoisotopic (exact) mass is 148 g/mol. The summed E-state index contributed by atoms with van der Waals surface area (Å²) in [5, 5.41) is 0.493. The van der Waals surface area contributed by atoms with Crippen molar-refractivity contribution in [2.75, 3.05) is 0 Å². The van der Waals surface area contributed by atoms with Gasteiger partial charge in [0.2, 0.25) is 0 Å². The van der Waals surface area contributed by atoms with Gasteiger partial charge >= 0.3 is 0 Å². The van der Waals surface area contributed by atoms with Crippen molar-refractivity contribution < 1.29 is 0 Å². The zero-order valence-corrected chi connectivity index (χ0v) is 8.42. The lowest BCUT2D eigenvalue weighted by Gasteiger charge is -2.21. The zero-order chi connectivity index (χ0) is 8.08. The number of hydrogen-bond acceptors (Lipinski definition) is 1. The molecular weight excluding hydrogens is 128 g/mol. The second kappa shape index (κ2) is 5.16. The van der Waals surface area contributed by atoms with Crippen molar-refractivity contribution in [1.29, 1.82) is 0 Å². The van der Waals surface area contributed by atoms with Crippen LogP contribution >= 0.6 is 12.6 Å². The molecule has 0 fully saturated rings. The second-order valence-electron chi connectivity index (χ2n) is 3.04. The Labute approximate surface area is 65.5 Å². The third-order valence-corrected chi connectivity index (χ3v) is 2.03. The van der Waals surface area contributed by atoms with Crippen LogP contribution in [0.1, 0.15) is 41.5 Å². The standard InChI is InChI=1S/C6H14S.C2H6/c1-5(7)6(2,3)4;1-2/h5,7H,1-4H3;1-2H3. The molecule has 1 unspecified atom stereocenters. The van der Waals surface area contributed by atoms with Crippen LogP contribution in [0.3, 0.4) is 0 Å².